The van der Waals surface area contributed by atoms with E-state index < -0.39 is 11.6 Å². The molecule has 4 N–H and O–H groups in total. The molecule has 2 aromatic heterocycles. The summed E-state index contributed by atoms with van der Waals surface area (Å²) in [4.78, 5) is 25.4. The van der Waals surface area contributed by atoms with Crippen LogP contribution in [0.25, 0.3) is 11.2 Å². The Hall–Kier alpha value is -3.05. The summed E-state index contributed by atoms with van der Waals surface area (Å²) in [7, 11) is 0. The first kappa shape index (κ1) is 23.7. The molecule has 3 aromatic rings. The van der Waals surface area contributed by atoms with Crippen LogP contribution in [0.5, 0.6) is 0 Å². The van der Waals surface area contributed by atoms with E-state index in [2.05, 4.69) is 20.6 Å². The average Bonchev–Trinajstić information content (AvgIpc) is 3.20. The number of primary amides is 1. The van der Waals surface area contributed by atoms with E-state index in [1.54, 1.807) is 6.20 Å². The third-order valence-electron chi connectivity index (χ3n) is 6.71. The van der Waals surface area contributed by atoms with Crippen molar-refractivity contribution < 1.29 is 18.3 Å². The number of imidazole rings is 1. The zero-order chi connectivity index (χ0) is 24.5. The van der Waals surface area contributed by atoms with E-state index >= 15 is 0 Å². The molecular weight excluding hydrogens is 480 g/mol. The van der Waals surface area contributed by atoms with Crippen LogP contribution >= 0.6 is 11.6 Å². The summed E-state index contributed by atoms with van der Waals surface area (Å²) in [5, 5.41) is 5.97. The van der Waals surface area contributed by atoms with Gasteiger partial charge in [-0.2, -0.15) is 4.98 Å². The summed E-state index contributed by atoms with van der Waals surface area (Å²) in [6.07, 6.45) is 5.90. The molecule has 2 aliphatic rings. The molecule has 1 aliphatic carbocycles. The van der Waals surface area contributed by atoms with E-state index in [4.69, 9.17) is 27.1 Å². The summed E-state index contributed by atoms with van der Waals surface area (Å²) in [6, 6.07) is 2.05. The average molecular weight is 506 g/mol. The molecule has 0 unspecified atom stereocenters. The number of halogens is 3. The Labute approximate surface area is 205 Å². The Kier molecular flexibility index (Phi) is 6.70. The molecule has 5 rings (SSSR count). The van der Waals surface area contributed by atoms with Crippen molar-refractivity contribution in [3.63, 3.8) is 0 Å². The first-order valence-corrected chi connectivity index (χ1v) is 12.1. The van der Waals surface area contributed by atoms with Crippen molar-refractivity contribution in [3.8, 4) is 0 Å². The van der Waals surface area contributed by atoms with Gasteiger partial charge in [-0.3, -0.25) is 9.36 Å². The van der Waals surface area contributed by atoms with Gasteiger partial charge in [-0.15, -0.1) is 0 Å². The second-order valence-electron chi connectivity index (χ2n) is 9.02. The topological polar surface area (TPSA) is 120 Å². The SMILES string of the molecule is NC(=O)C1CCC(n2c(Nc3cc(F)c(Cl)cc3F)nc3cnc(NC4CCOCC4)nc32)CC1. The number of rotatable bonds is 6. The van der Waals surface area contributed by atoms with Gasteiger partial charge in [0.1, 0.15) is 17.2 Å². The maximum absolute atomic E-state index is 14.6. The Morgan fingerprint density at radius 2 is 1.83 bits per heavy atom. The number of hydrogen-bond donors (Lipinski definition) is 3. The maximum atomic E-state index is 14.6. The Morgan fingerprint density at radius 3 is 2.54 bits per heavy atom. The predicted octanol–water partition coefficient (Wildman–Crippen LogP) is 4.31. The summed E-state index contributed by atoms with van der Waals surface area (Å²) in [6.45, 7) is 1.36. The van der Waals surface area contributed by atoms with Crippen LogP contribution in [0.2, 0.25) is 5.02 Å². The van der Waals surface area contributed by atoms with Crippen molar-refractivity contribution in [2.75, 3.05) is 23.8 Å². The quantitative estimate of drug-likeness (QED) is 0.427. The number of aromatic nitrogens is 4. The van der Waals surface area contributed by atoms with E-state index in [9.17, 15) is 13.6 Å². The number of carbonyl (C=O) groups is 1. The molecule has 186 valence electrons. The van der Waals surface area contributed by atoms with Gasteiger partial charge in [-0.25, -0.2) is 18.7 Å². The largest absolute Gasteiger partial charge is 0.381 e. The molecule has 1 aliphatic heterocycles. The van der Waals surface area contributed by atoms with Gasteiger partial charge < -0.3 is 21.1 Å². The molecule has 3 heterocycles. The first-order valence-electron chi connectivity index (χ1n) is 11.7. The molecule has 12 heteroatoms. The predicted molar refractivity (Wildman–Crippen MR) is 128 cm³/mol. The summed E-state index contributed by atoms with van der Waals surface area (Å²) in [5.74, 6) is -1.17. The lowest BCUT2D eigenvalue weighted by molar-refractivity contribution is -0.122. The van der Waals surface area contributed by atoms with Crippen LogP contribution in [0.4, 0.5) is 26.4 Å². The molecule has 1 saturated heterocycles. The zero-order valence-electron chi connectivity index (χ0n) is 18.9. The Balaban J connectivity index is 1.51. The Morgan fingerprint density at radius 1 is 1.09 bits per heavy atom. The van der Waals surface area contributed by atoms with Crippen molar-refractivity contribution in [1.29, 1.82) is 0 Å². The summed E-state index contributed by atoms with van der Waals surface area (Å²) >= 11 is 5.71. The van der Waals surface area contributed by atoms with Gasteiger partial charge in [0.05, 0.1) is 16.9 Å². The smallest absolute Gasteiger partial charge is 0.224 e. The van der Waals surface area contributed by atoms with Gasteiger partial charge in [-0.1, -0.05) is 11.6 Å². The van der Waals surface area contributed by atoms with Gasteiger partial charge >= 0.3 is 0 Å². The highest BCUT2D eigenvalue weighted by molar-refractivity contribution is 6.30. The lowest BCUT2D eigenvalue weighted by Crippen LogP contribution is -2.29. The van der Waals surface area contributed by atoms with Gasteiger partial charge in [0.2, 0.25) is 17.8 Å². The molecule has 1 aromatic carbocycles. The van der Waals surface area contributed by atoms with E-state index in [0.717, 1.165) is 25.0 Å². The number of anilines is 3. The van der Waals surface area contributed by atoms with Crippen molar-refractivity contribution in [2.24, 2.45) is 11.7 Å². The second-order valence-corrected chi connectivity index (χ2v) is 9.43. The van der Waals surface area contributed by atoms with Crippen LogP contribution < -0.4 is 16.4 Å². The minimum Gasteiger partial charge on any atom is -0.381 e. The third-order valence-corrected chi connectivity index (χ3v) is 7.00. The molecule has 35 heavy (non-hydrogen) atoms. The maximum Gasteiger partial charge on any atom is 0.224 e. The second kappa shape index (κ2) is 9.90. The number of amides is 1. The third kappa shape index (κ3) is 5.01. The molecule has 0 radical (unpaired) electrons. The summed E-state index contributed by atoms with van der Waals surface area (Å²) in [5.41, 5.74) is 6.49. The standard InChI is InChI=1S/C23H26ClF2N7O2/c24-15-9-17(26)18(10-16(15)25)30-23-31-19-11-28-22(29-13-5-7-35-8-6-13)32-21(19)33(23)14-3-1-12(2-4-14)20(27)34/h9-14H,1-8H2,(H2,27,34)(H,30,31)(H,28,29,32). The number of ether oxygens (including phenoxy) is 1. The van der Waals surface area contributed by atoms with Crippen LogP contribution in [0.15, 0.2) is 18.3 Å². The Bertz CT molecular complexity index is 1240. The van der Waals surface area contributed by atoms with Crippen LogP contribution in [0.1, 0.15) is 44.6 Å². The molecule has 0 bridgehead atoms. The summed E-state index contributed by atoms with van der Waals surface area (Å²) < 4.78 is 35.9. The zero-order valence-corrected chi connectivity index (χ0v) is 19.7. The minimum absolute atomic E-state index is 0.0656. The van der Waals surface area contributed by atoms with Crippen molar-refractivity contribution >= 4 is 46.3 Å². The minimum atomic E-state index is -0.747. The van der Waals surface area contributed by atoms with Gasteiger partial charge in [-0.05, 0) is 44.6 Å². The number of nitrogens with two attached hydrogens (primary N) is 1. The van der Waals surface area contributed by atoms with Crippen LogP contribution in [0, 0.1) is 17.6 Å². The highest BCUT2D eigenvalue weighted by Gasteiger charge is 2.29. The normalized spacial score (nSPS) is 21.2. The number of hydrogen-bond acceptors (Lipinski definition) is 7. The number of fused-ring (bicyclic) bond motifs is 1. The van der Waals surface area contributed by atoms with Crippen LogP contribution in [-0.2, 0) is 9.53 Å². The van der Waals surface area contributed by atoms with E-state index in [0.29, 0.717) is 62.0 Å². The van der Waals surface area contributed by atoms with Gasteiger partial charge in [0.15, 0.2) is 5.65 Å². The molecular formula is C23H26ClF2N7O2. The number of nitrogens with zero attached hydrogens (tertiary/aromatic N) is 4. The first-order chi connectivity index (χ1) is 16.9. The van der Waals surface area contributed by atoms with Gasteiger partial charge in [0, 0.05) is 37.3 Å². The monoisotopic (exact) mass is 505 g/mol. The molecule has 1 saturated carbocycles. The van der Waals surface area contributed by atoms with Crippen LogP contribution in [0.3, 0.4) is 0 Å². The van der Waals surface area contributed by atoms with Crippen molar-refractivity contribution in [3.05, 3.63) is 35.0 Å². The molecule has 1 amide bonds. The van der Waals surface area contributed by atoms with Gasteiger partial charge in [0.25, 0.3) is 0 Å². The fraction of sp³-hybridized carbons (Fsp3) is 0.478. The highest BCUT2D eigenvalue weighted by atomic mass is 35.5. The molecule has 9 nitrogen and oxygen atoms in total. The van der Waals surface area contributed by atoms with E-state index in [-0.39, 0.29) is 34.6 Å². The lowest BCUT2D eigenvalue weighted by Gasteiger charge is -2.29. The number of carbonyl (C=O) groups excluding carboxylic acids is 1. The van der Waals surface area contributed by atoms with Crippen molar-refractivity contribution in [1.82, 2.24) is 19.5 Å². The molecule has 0 spiro atoms. The van der Waals surface area contributed by atoms with E-state index in [1.807, 2.05) is 4.57 Å². The van der Waals surface area contributed by atoms with Crippen molar-refractivity contribution in [2.45, 2.75) is 50.6 Å². The molecule has 2 fully saturated rings. The lowest BCUT2D eigenvalue weighted by atomic mass is 9.85. The fourth-order valence-corrected chi connectivity index (χ4v) is 4.93. The molecule has 0 atom stereocenters. The van der Waals surface area contributed by atoms with E-state index in [1.165, 1.54) is 0 Å². The van der Waals surface area contributed by atoms with Crippen LogP contribution in [-0.4, -0.2) is 44.7 Å². The number of nitrogens with one attached hydrogen (secondary N) is 2. The fourth-order valence-electron chi connectivity index (χ4n) is 4.78. The number of benzene rings is 1. The highest BCUT2D eigenvalue weighted by Crippen LogP contribution is 2.37.